The molecule has 0 bridgehead atoms. The predicted molar refractivity (Wildman–Crippen MR) is 79.7 cm³/mol. The van der Waals surface area contributed by atoms with Crippen molar-refractivity contribution in [3.05, 3.63) is 22.7 Å². The van der Waals surface area contributed by atoms with E-state index in [1.54, 1.807) is 12.1 Å². The molecule has 0 saturated heterocycles. The zero-order valence-corrected chi connectivity index (χ0v) is 12.8. The van der Waals surface area contributed by atoms with E-state index in [1.165, 1.54) is 7.11 Å². The molecule has 1 aliphatic rings. The zero-order chi connectivity index (χ0) is 15.4. The van der Waals surface area contributed by atoms with Crippen molar-refractivity contribution in [2.24, 2.45) is 5.92 Å². The molecule has 114 valence electrons. The van der Waals surface area contributed by atoms with Crippen molar-refractivity contribution in [3.63, 3.8) is 0 Å². The average Bonchev–Trinajstić information content (AvgIpc) is 2.38. The summed E-state index contributed by atoms with van der Waals surface area (Å²) in [4.78, 5) is 23.4. The molecule has 6 heteroatoms. The van der Waals surface area contributed by atoms with Gasteiger partial charge in [-0.3, -0.25) is 9.59 Å². The van der Waals surface area contributed by atoms with Crippen molar-refractivity contribution in [1.29, 1.82) is 0 Å². The van der Waals surface area contributed by atoms with Gasteiger partial charge in [0.25, 0.3) is 5.91 Å². The highest BCUT2D eigenvalue weighted by Gasteiger charge is 2.27. The Kier molecular flexibility index (Phi) is 5.07. The van der Waals surface area contributed by atoms with Crippen LogP contribution >= 0.6 is 11.6 Å². The van der Waals surface area contributed by atoms with E-state index >= 15 is 0 Å². The van der Waals surface area contributed by atoms with E-state index in [4.69, 9.17) is 21.1 Å². The fourth-order valence-electron chi connectivity index (χ4n) is 2.01. The molecule has 1 fully saturated rings. The highest BCUT2D eigenvalue weighted by molar-refractivity contribution is 6.31. The molecule has 1 N–H and O–H groups in total. The van der Waals surface area contributed by atoms with Crippen LogP contribution in [0.4, 0.5) is 5.69 Å². The number of halogens is 1. The van der Waals surface area contributed by atoms with Crippen molar-refractivity contribution in [2.45, 2.75) is 26.2 Å². The van der Waals surface area contributed by atoms with Crippen LogP contribution in [0.25, 0.3) is 0 Å². The molecule has 0 spiro atoms. The van der Waals surface area contributed by atoms with E-state index in [0.29, 0.717) is 16.5 Å². The van der Waals surface area contributed by atoms with Crippen LogP contribution in [0.1, 0.15) is 24.8 Å². The third-order valence-corrected chi connectivity index (χ3v) is 3.95. The highest BCUT2D eigenvalue weighted by atomic mass is 35.5. The van der Waals surface area contributed by atoms with Crippen molar-refractivity contribution in [2.75, 3.05) is 19.0 Å². The van der Waals surface area contributed by atoms with Gasteiger partial charge in [0.15, 0.2) is 6.61 Å². The van der Waals surface area contributed by atoms with Crippen molar-refractivity contribution in [3.8, 4) is 5.75 Å². The van der Waals surface area contributed by atoms with Gasteiger partial charge in [-0.2, -0.15) is 0 Å². The van der Waals surface area contributed by atoms with E-state index in [0.717, 1.165) is 24.8 Å². The lowest BCUT2D eigenvalue weighted by molar-refractivity contribution is -0.154. The Bertz CT molecular complexity index is 555. The summed E-state index contributed by atoms with van der Waals surface area (Å²) in [7, 11) is 1.49. The maximum Gasteiger partial charge on any atom is 0.309 e. The third-order valence-electron chi connectivity index (χ3n) is 3.54. The maximum absolute atomic E-state index is 11.8. The number of amides is 1. The van der Waals surface area contributed by atoms with Gasteiger partial charge in [-0.15, -0.1) is 0 Å². The summed E-state index contributed by atoms with van der Waals surface area (Å²) in [5.74, 6) is -0.271. The molecular weight excluding hydrogens is 294 g/mol. The molecule has 0 atom stereocenters. The molecule has 0 aliphatic heterocycles. The second-order valence-electron chi connectivity index (χ2n) is 5.09. The molecule has 0 radical (unpaired) electrons. The minimum absolute atomic E-state index is 0.0369. The number of hydrogen-bond donors (Lipinski definition) is 1. The summed E-state index contributed by atoms with van der Waals surface area (Å²) in [6, 6.07) is 3.35. The third kappa shape index (κ3) is 3.88. The number of hydrogen-bond acceptors (Lipinski definition) is 4. The Labute approximate surface area is 128 Å². The van der Waals surface area contributed by atoms with E-state index in [-0.39, 0.29) is 18.5 Å². The number of nitrogens with one attached hydrogen (secondary N) is 1. The number of methoxy groups -OCH3 is 1. The lowest BCUT2D eigenvalue weighted by atomic mass is 9.86. The molecule has 1 saturated carbocycles. The summed E-state index contributed by atoms with van der Waals surface area (Å²) in [6.07, 6.45) is 2.75. The van der Waals surface area contributed by atoms with Gasteiger partial charge in [0.05, 0.1) is 18.7 Å². The monoisotopic (exact) mass is 311 g/mol. The summed E-state index contributed by atoms with van der Waals surface area (Å²) in [6.45, 7) is 1.54. The van der Waals surface area contributed by atoms with Crippen LogP contribution in [0, 0.1) is 12.8 Å². The number of aryl methyl sites for hydroxylation is 1. The zero-order valence-electron chi connectivity index (χ0n) is 12.1. The summed E-state index contributed by atoms with van der Waals surface area (Å²) in [5, 5.41) is 3.22. The molecule has 1 amide bonds. The SMILES string of the molecule is COc1cc(Cl)c(C)cc1NC(=O)COC(=O)C1CCC1. The first-order valence-electron chi connectivity index (χ1n) is 6.82. The van der Waals surface area contributed by atoms with Gasteiger partial charge in [-0.25, -0.2) is 0 Å². The molecule has 1 aliphatic carbocycles. The second-order valence-corrected chi connectivity index (χ2v) is 5.49. The lowest BCUT2D eigenvalue weighted by Crippen LogP contribution is -2.28. The first-order valence-corrected chi connectivity index (χ1v) is 7.19. The molecule has 2 rings (SSSR count). The average molecular weight is 312 g/mol. The minimum Gasteiger partial charge on any atom is -0.495 e. The van der Waals surface area contributed by atoms with Crippen molar-refractivity contribution >= 4 is 29.2 Å². The molecule has 0 aromatic heterocycles. The molecule has 0 unspecified atom stereocenters. The van der Waals surface area contributed by atoms with E-state index < -0.39 is 5.91 Å². The summed E-state index contributed by atoms with van der Waals surface area (Å²) in [5.41, 5.74) is 1.32. The maximum atomic E-state index is 11.8. The van der Waals surface area contributed by atoms with Crippen LogP contribution < -0.4 is 10.1 Å². The van der Waals surface area contributed by atoms with Gasteiger partial charge >= 0.3 is 5.97 Å². The quantitative estimate of drug-likeness (QED) is 0.849. The number of ether oxygens (including phenoxy) is 2. The minimum atomic E-state index is -0.400. The van der Waals surface area contributed by atoms with Crippen molar-refractivity contribution < 1.29 is 19.1 Å². The Hall–Kier alpha value is -1.75. The van der Waals surface area contributed by atoms with Crippen LogP contribution in [-0.4, -0.2) is 25.6 Å². The van der Waals surface area contributed by atoms with Crippen LogP contribution in [-0.2, 0) is 14.3 Å². The van der Waals surface area contributed by atoms with Crippen molar-refractivity contribution in [1.82, 2.24) is 0 Å². The Balaban J connectivity index is 1.92. The Morgan fingerprint density at radius 1 is 1.38 bits per heavy atom. The standard InChI is InChI=1S/C15H18ClNO4/c1-9-6-12(13(20-2)7-11(9)16)17-14(18)8-21-15(19)10-4-3-5-10/h6-7,10H,3-5,8H2,1-2H3,(H,17,18). The number of benzene rings is 1. The van der Waals surface area contributed by atoms with Gasteiger partial charge in [-0.05, 0) is 31.4 Å². The summed E-state index contributed by atoms with van der Waals surface area (Å²) >= 11 is 6.00. The highest BCUT2D eigenvalue weighted by Crippen LogP contribution is 2.31. The van der Waals surface area contributed by atoms with Gasteiger partial charge in [-0.1, -0.05) is 18.0 Å². The van der Waals surface area contributed by atoms with E-state index in [9.17, 15) is 9.59 Å². The van der Waals surface area contributed by atoms with Gasteiger partial charge in [0, 0.05) is 11.1 Å². The van der Waals surface area contributed by atoms with Crippen LogP contribution in [0.15, 0.2) is 12.1 Å². The molecule has 5 nitrogen and oxygen atoms in total. The molecular formula is C15H18ClNO4. The largest absolute Gasteiger partial charge is 0.495 e. The molecule has 1 aromatic carbocycles. The second kappa shape index (κ2) is 6.80. The number of esters is 1. The number of anilines is 1. The molecule has 21 heavy (non-hydrogen) atoms. The van der Waals surface area contributed by atoms with Gasteiger partial charge < -0.3 is 14.8 Å². The lowest BCUT2D eigenvalue weighted by Gasteiger charge is -2.22. The van der Waals surface area contributed by atoms with Crippen LogP contribution in [0.5, 0.6) is 5.75 Å². The van der Waals surface area contributed by atoms with E-state index in [2.05, 4.69) is 5.32 Å². The van der Waals surface area contributed by atoms with Gasteiger partial charge in [0.2, 0.25) is 0 Å². The summed E-state index contributed by atoms with van der Waals surface area (Å²) < 4.78 is 10.2. The molecule has 0 heterocycles. The number of carbonyl (C=O) groups is 2. The van der Waals surface area contributed by atoms with E-state index in [1.807, 2.05) is 6.92 Å². The Morgan fingerprint density at radius 3 is 2.67 bits per heavy atom. The predicted octanol–water partition coefficient (Wildman–Crippen LogP) is 2.94. The van der Waals surface area contributed by atoms with Crippen LogP contribution in [0.2, 0.25) is 5.02 Å². The number of carbonyl (C=O) groups excluding carboxylic acids is 2. The Morgan fingerprint density at radius 2 is 2.10 bits per heavy atom. The van der Waals surface area contributed by atoms with Crippen LogP contribution in [0.3, 0.4) is 0 Å². The fraction of sp³-hybridized carbons (Fsp3) is 0.467. The number of rotatable bonds is 5. The van der Waals surface area contributed by atoms with Gasteiger partial charge in [0.1, 0.15) is 5.75 Å². The topological polar surface area (TPSA) is 64.6 Å². The fourth-order valence-corrected chi connectivity index (χ4v) is 2.17. The molecule has 1 aromatic rings. The first kappa shape index (κ1) is 15.6. The first-order chi connectivity index (χ1) is 10.0. The normalized spacial score (nSPS) is 14.2. The smallest absolute Gasteiger partial charge is 0.309 e.